The van der Waals surface area contributed by atoms with E-state index >= 15 is 0 Å². The Kier molecular flexibility index (Phi) is 9.73. The van der Waals surface area contributed by atoms with Crippen molar-refractivity contribution >= 4 is 40.4 Å². The normalized spacial score (nSPS) is 13.3. The number of benzene rings is 2. The number of methoxy groups -OCH3 is 1. The van der Waals surface area contributed by atoms with Crippen LogP contribution in [0.4, 0.5) is 10.5 Å². The molecule has 10 nitrogen and oxygen atoms in total. The molecule has 35 heavy (non-hydrogen) atoms. The second-order valence-corrected chi connectivity index (χ2v) is 9.20. The van der Waals surface area contributed by atoms with Crippen molar-refractivity contribution in [3.05, 3.63) is 81.8 Å². The van der Waals surface area contributed by atoms with Crippen molar-refractivity contribution in [1.29, 1.82) is 0 Å². The Balaban J connectivity index is 1.77. The lowest BCUT2D eigenvalue weighted by atomic mass is 10.0. The zero-order valence-corrected chi connectivity index (χ0v) is 20.7. The van der Waals surface area contributed by atoms with Gasteiger partial charge in [0.25, 0.3) is 0 Å². The number of aryl methyl sites for hydroxylation is 1. The third kappa shape index (κ3) is 8.44. The summed E-state index contributed by atoms with van der Waals surface area (Å²) in [6, 6.07) is 15.0. The smallest absolute Gasteiger partial charge is 0.407 e. The number of amides is 2. The first-order valence-corrected chi connectivity index (χ1v) is 12.5. The Morgan fingerprint density at radius 3 is 2.34 bits per heavy atom. The van der Waals surface area contributed by atoms with Gasteiger partial charge in [-0.1, -0.05) is 42.5 Å². The lowest BCUT2D eigenvalue weighted by Gasteiger charge is -2.23. The van der Waals surface area contributed by atoms with Gasteiger partial charge in [-0.3, -0.25) is 9.35 Å². The molecule has 12 heteroatoms. The van der Waals surface area contributed by atoms with E-state index in [0.29, 0.717) is 17.8 Å². The minimum Gasteiger partial charge on any atom is -0.453 e. The largest absolute Gasteiger partial charge is 0.453 e. The zero-order valence-electron chi connectivity index (χ0n) is 19.1. The van der Waals surface area contributed by atoms with Crippen molar-refractivity contribution in [2.45, 2.75) is 31.8 Å². The van der Waals surface area contributed by atoms with Gasteiger partial charge in [-0.2, -0.15) is 4.21 Å². The van der Waals surface area contributed by atoms with E-state index in [1.165, 1.54) is 18.4 Å². The van der Waals surface area contributed by atoms with Gasteiger partial charge in [0.05, 0.1) is 29.5 Å². The molecule has 0 saturated heterocycles. The van der Waals surface area contributed by atoms with Crippen molar-refractivity contribution in [3.63, 3.8) is 0 Å². The lowest BCUT2D eigenvalue weighted by molar-refractivity contribution is -0.123. The van der Waals surface area contributed by atoms with Crippen LogP contribution >= 0.6 is 11.3 Å². The summed E-state index contributed by atoms with van der Waals surface area (Å²) in [4.78, 5) is 29.8. The van der Waals surface area contributed by atoms with E-state index in [2.05, 4.69) is 25.4 Å². The molecule has 0 aliphatic heterocycles. The highest BCUT2D eigenvalue weighted by molar-refractivity contribution is 7.74. The van der Waals surface area contributed by atoms with E-state index in [1.54, 1.807) is 24.3 Å². The topological polar surface area (TPSA) is 139 Å². The highest BCUT2D eigenvalue weighted by atomic mass is 32.2. The molecule has 0 aliphatic rings. The number of aromatic nitrogens is 1. The molecule has 2 aromatic carbocycles. The van der Waals surface area contributed by atoms with Crippen LogP contribution in [-0.2, 0) is 38.0 Å². The number of nitrogens with zero attached hydrogens (tertiary/aromatic N) is 1. The second kappa shape index (κ2) is 13.0. The minimum absolute atomic E-state index is 0.289. The summed E-state index contributed by atoms with van der Waals surface area (Å²) in [6.45, 7) is 1.88. The van der Waals surface area contributed by atoms with Gasteiger partial charge >= 0.3 is 17.5 Å². The molecule has 0 radical (unpaired) electrons. The Hall–Kier alpha value is -3.32. The molecule has 0 spiro atoms. The van der Waals surface area contributed by atoms with Gasteiger partial charge in [-0.05, 0) is 36.6 Å². The van der Waals surface area contributed by atoms with Crippen LogP contribution in [0.3, 0.4) is 0 Å². The molecule has 4 N–H and O–H groups in total. The number of carbonyl (C=O) groups excluding carboxylic acids is 2. The summed E-state index contributed by atoms with van der Waals surface area (Å²) in [5.41, 5.74) is 5.34. The van der Waals surface area contributed by atoms with Crippen molar-refractivity contribution in [2.24, 2.45) is 0 Å². The van der Waals surface area contributed by atoms with Gasteiger partial charge in [0.15, 0.2) is 0 Å². The number of nitrogens with one attached hydrogen (secondary N) is 3. The average Bonchev–Trinajstić information content (AvgIpc) is 3.29. The predicted octanol–water partition coefficient (Wildman–Crippen LogP) is 3.30. The van der Waals surface area contributed by atoms with E-state index in [4.69, 9.17) is 9.29 Å². The number of rotatable bonds is 11. The van der Waals surface area contributed by atoms with Crippen molar-refractivity contribution in [2.75, 3.05) is 12.6 Å². The van der Waals surface area contributed by atoms with Crippen LogP contribution in [0.25, 0.3) is 0 Å². The van der Waals surface area contributed by atoms with Crippen LogP contribution in [0.15, 0.2) is 60.0 Å². The first kappa shape index (κ1) is 26.3. The maximum absolute atomic E-state index is 13.3. The van der Waals surface area contributed by atoms with Crippen LogP contribution in [0.1, 0.15) is 27.9 Å². The number of thiazole rings is 1. The summed E-state index contributed by atoms with van der Waals surface area (Å²) in [5.74, 6) is -0.369. The van der Waals surface area contributed by atoms with Crippen molar-refractivity contribution < 1.29 is 27.4 Å². The van der Waals surface area contributed by atoms with Gasteiger partial charge in [-0.15, -0.1) is 15.6 Å². The van der Waals surface area contributed by atoms with E-state index < -0.39 is 29.5 Å². The Morgan fingerprint density at radius 2 is 1.74 bits per heavy atom. The van der Waals surface area contributed by atoms with E-state index in [1.807, 2.05) is 42.6 Å². The maximum atomic E-state index is 13.3. The predicted molar refractivity (Wildman–Crippen MR) is 133 cm³/mol. The van der Waals surface area contributed by atoms with Crippen LogP contribution in [-0.4, -0.2) is 38.9 Å². The summed E-state index contributed by atoms with van der Waals surface area (Å²) >= 11 is -0.963. The van der Waals surface area contributed by atoms with Crippen molar-refractivity contribution in [3.8, 4) is 0 Å². The summed E-state index contributed by atoms with van der Waals surface area (Å²) in [7, 11) is 1.25. The fourth-order valence-electron chi connectivity index (χ4n) is 3.33. The molecule has 1 unspecified atom stereocenters. The number of anilines is 1. The van der Waals surface area contributed by atoms with Crippen LogP contribution in [0.5, 0.6) is 0 Å². The molecule has 0 bridgehead atoms. The number of ether oxygens (including phenoxy) is 1. The molecule has 186 valence electrons. The number of hydrogen-bond donors (Lipinski definition) is 4. The molecular formula is C23H26N4O6S2. The molecule has 3 atom stereocenters. The van der Waals surface area contributed by atoms with Gasteiger partial charge in [-0.25, -0.2) is 15.3 Å². The molecule has 0 fully saturated rings. The molecule has 3 rings (SSSR count). The lowest BCUT2D eigenvalue weighted by Crippen LogP contribution is -2.49. The standard InChI is InChI=1S/C23H26N4O6S2/c1-15-24-21(14-34-15)19(12-17-8-10-18(11-9-17)27-33-35(30)31)25-22(28)20(26-23(29)32-2)13-16-6-4-3-5-7-16/h3-11,14,19-20,27H,12-13H2,1-2H3,(H,25,28)(H,26,29)(H,30,31)/t19-,20-/m0/s1. The Morgan fingerprint density at radius 1 is 1.06 bits per heavy atom. The molecule has 1 heterocycles. The molecule has 3 aromatic rings. The quantitative estimate of drug-likeness (QED) is 0.224. The maximum Gasteiger partial charge on any atom is 0.407 e. The fourth-order valence-corrected chi connectivity index (χ4v) is 4.16. The third-order valence-corrected chi connectivity index (χ3v) is 6.03. The third-order valence-electron chi connectivity index (χ3n) is 5.01. The van der Waals surface area contributed by atoms with Crippen molar-refractivity contribution in [1.82, 2.24) is 15.6 Å². The van der Waals surface area contributed by atoms with Gasteiger partial charge in [0.2, 0.25) is 5.91 Å². The van der Waals surface area contributed by atoms with Crippen LogP contribution < -0.4 is 16.1 Å². The number of hydrogen-bond acceptors (Lipinski definition) is 8. The molecule has 0 aliphatic carbocycles. The van der Waals surface area contributed by atoms with Gasteiger partial charge in [0.1, 0.15) is 6.04 Å². The molecular weight excluding hydrogens is 492 g/mol. The van der Waals surface area contributed by atoms with E-state index in [9.17, 15) is 13.8 Å². The highest BCUT2D eigenvalue weighted by Crippen LogP contribution is 2.22. The SMILES string of the molecule is COC(=O)N[C@@H](Cc1ccccc1)C(=O)N[C@@H](Cc1ccc(NOS(=O)O)cc1)c1csc(C)n1. The van der Waals surface area contributed by atoms with Gasteiger partial charge in [0, 0.05) is 11.8 Å². The minimum atomic E-state index is -2.44. The Labute approximate surface area is 209 Å². The monoisotopic (exact) mass is 518 g/mol. The highest BCUT2D eigenvalue weighted by Gasteiger charge is 2.26. The van der Waals surface area contributed by atoms with E-state index in [0.717, 1.165) is 16.1 Å². The molecule has 1 aromatic heterocycles. The first-order chi connectivity index (χ1) is 16.8. The van der Waals surface area contributed by atoms with Crippen LogP contribution in [0, 0.1) is 6.92 Å². The Bertz CT molecular complexity index is 1140. The first-order valence-electron chi connectivity index (χ1n) is 10.6. The molecule has 0 saturated carbocycles. The molecule has 2 amide bonds. The summed E-state index contributed by atoms with van der Waals surface area (Å²) < 4.78 is 28.5. The summed E-state index contributed by atoms with van der Waals surface area (Å²) in [5, 5.41) is 8.39. The number of alkyl carbamates (subject to hydrolysis) is 1. The zero-order chi connectivity index (χ0) is 25.2. The second-order valence-electron chi connectivity index (χ2n) is 7.53. The van der Waals surface area contributed by atoms with Crippen LogP contribution in [0.2, 0.25) is 0 Å². The average molecular weight is 519 g/mol. The fraction of sp³-hybridized carbons (Fsp3) is 0.261. The van der Waals surface area contributed by atoms with E-state index in [-0.39, 0.29) is 12.3 Å². The van der Waals surface area contributed by atoms with Gasteiger partial charge < -0.3 is 15.4 Å². The summed E-state index contributed by atoms with van der Waals surface area (Å²) in [6.07, 6.45) is 0.0198. The number of carbonyl (C=O) groups is 2.